The number of halogens is 1. The van der Waals surface area contributed by atoms with Crippen molar-refractivity contribution in [1.29, 1.82) is 0 Å². The highest BCUT2D eigenvalue weighted by Gasteiger charge is 2.12. The van der Waals surface area contributed by atoms with Crippen molar-refractivity contribution in [2.24, 2.45) is 4.99 Å². The molecule has 0 unspecified atom stereocenters. The highest BCUT2D eigenvalue weighted by atomic mass is 19.1. The third kappa shape index (κ3) is 7.49. The van der Waals surface area contributed by atoms with E-state index in [2.05, 4.69) is 53.2 Å². The molecule has 0 aliphatic carbocycles. The zero-order valence-corrected chi connectivity index (χ0v) is 18.2. The van der Waals surface area contributed by atoms with E-state index in [9.17, 15) is 4.39 Å². The highest BCUT2D eigenvalue weighted by molar-refractivity contribution is 5.79. The molecule has 0 bridgehead atoms. The van der Waals surface area contributed by atoms with Gasteiger partial charge in [-0.25, -0.2) is 9.37 Å². The summed E-state index contributed by atoms with van der Waals surface area (Å²) < 4.78 is 18.5. The molecular weight excluding hydrogens is 369 g/mol. The van der Waals surface area contributed by atoms with Crippen LogP contribution in [0.4, 0.5) is 4.39 Å². The summed E-state index contributed by atoms with van der Waals surface area (Å²) in [6.45, 7) is 11.6. The number of rotatable bonds is 10. The van der Waals surface area contributed by atoms with Crippen molar-refractivity contribution in [3.05, 3.63) is 42.0 Å². The van der Waals surface area contributed by atoms with Crippen molar-refractivity contribution < 1.29 is 8.81 Å². The van der Waals surface area contributed by atoms with Gasteiger partial charge in [0, 0.05) is 50.7 Å². The van der Waals surface area contributed by atoms with Gasteiger partial charge in [0.05, 0.1) is 5.69 Å². The van der Waals surface area contributed by atoms with Crippen LogP contribution in [0.3, 0.4) is 0 Å². The number of hydrogen-bond donors (Lipinski definition) is 2. The smallest absolute Gasteiger partial charge is 0.226 e. The second-order valence-corrected chi connectivity index (χ2v) is 7.61. The molecule has 0 aliphatic rings. The summed E-state index contributed by atoms with van der Waals surface area (Å²) in [4.78, 5) is 11.2. The van der Waals surface area contributed by atoms with Crippen LogP contribution in [0.2, 0.25) is 0 Å². The molecule has 0 atom stereocenters. The van der Waals surface area contributed by atoms with Crippen LogP contribution in [0.1, 0.15) is 39.8 Å². The summed E-state index contributed by atoms with van der Waals surface area (Å²) in [6, 6.07) is 7.23. The Morgan fingerprint density at radius 2 is 1.76 bits per heavy atom. The molecule has 0 spiro atoms. The van der Waals surface area contributed by atoms with Crippen LogP contribution in [0.5, 0.6) is 0 Å². The van der Waals surface area contributed by atoms with E-state index < -0.39 is 0 Å². The Morgan fingerprint density at radius 1 is 1.10 bits per heavy atom. The molecule has 29 heavy (non-hydrogen) atoms. The SMILES string of the molecule is CN=C(NCCCN(C(C)C)C(C)C)NCCc1coc(-c2ccc(F)cc2)n1. The number of hydrogen-bond acceptors (Lipinski definition) is 4. The molecule has 0 fully saturated rings. The van der Waals surface area contributed by atoms with Crippen LogP contribution in [0.25, 0.3) is 11.5 Å². The van der Waals surface area contributed by atoms with Crippen molar-refractivity contribution in [1.82, 2.24) is 20.5 Å². The van der Waals surface area contributed by atoms with Crippen molar-refractivity contribution >= 4 is 5.96 Å². The Morgan fingerprint density at radius 3 is 2.38 bits per heavy atom. The zero-order valence-electron chi connectivity index (χ0n) is 18.2. The molecule has 2 rings (SSSR count). The zero-order chi connectivity index (χ0) is 21.2. The maximum absolute atomic E-state index is 13.0. The Bertz CT molecular complexity index is 747. The summed E-state index contributed by atoms with van der Waals surface area (Å²) in [7, 11) is 1.77. The average molecular weight is 404 g/mol. The van der Waals surface area contributed by atoms with Gasteiger partial charge in [-0.1, -0.05) is 0 Å². The molecule has 1 heterocycles. The van der Waals surface area contributed by atoms with Gasteiger partial charge in [-0.3, -0.25) is 9.89 Å². The summed E-state index contributed by atoms with van der Waals surface area (Å²) in [6.07, 6.45) is 3.41. The Labute approximate surface area is 173 Å². The summed E-state index contributed by atoms with van der Waals surface area (Å²) in [5.74, 6) is 1.01. The van der Waals surface area contributed by atoms with Crippen molar-refractivity contribution in [3.8, 4) is 11.5 Å². The third-order valence-electron chi connectivity index (χ3n) is 4.75. The lowest BCUT2D eigenvalue weighted by Crippen LogP contribution is -2.41. The monoisotopic (exact) mass is 403 g/mol. The molecule has 0 aliphatic heterocycles. The number of nitrogens with one attached hydrogen (secondary N) is 2. The fourth-order valence-corrected chi connectivity index (χ4v) is 3.26. The van der Waals surface area contributed by atoms with E-state index in [0.717, 1.165) is 36.7 Å². The minimum atomic E-state index is -0.273. The van der Waals surface area contributed by atoms with Gasteiger partial charge in [-0.15, -0.1) is 0 Å². The minimum absolute atomic E-state index is 0.273. The van der Waals surface area contributed by atoms with E-state index in [0.29, 0.717) is 30.9 Å². The first-order valence-electron chi connectivity index (χ1n) is 10.3. The van der Waals surface area contributed by atoms with Gasteiger partial charge in [-0.2, -0.15) is 0 Å². The van der Waals surface area contributed by atoms with Gasteiger partial charge in [0.1, 0.15) is 12.1 Å². The predicted octanol–water partition coefficient (Wildman–Crippen LogP) is 3.70. The second-order valence-electron chi connectivity index (χ2n) is 7.61. The standard InChI is InChI=1S/C22H34FN5O/c1-16(2)28(17(3)4)14-6-12-25-22(24-5)26-13-11-20-15-29-21(27-20)18-7-9-19(23)10-8-18/h7-10,15-17H,6,11-14H2,1-5H3,(H2,24,25,26). The highest BCUT2D eigenvalue weighted by Crippen LogP contribution is 2.18. The van der Waals surface area contributed by atoms with Gasteiger partial charge in [-0.05, 0) is 58.4 Å². The van der Waals surface area contributed by atoms with E-state index in [1.54, 1.807) is 25.4 Å². The maximum Gasteiger partial charge on any atom is 0.226 e. The van der Waals surface area contributed by atoms with Gasteiger partial charge < -0.3 is 15.1 Å². The summed E-state index contributed by atoms with van der Waals surface area (Å²) in [5, 5.41) is 6.66. The van der Waals surface area contributed by atoms with Crippen molar-refractivity contribution in [2.75, 3.05) is 26.7 Å². The van der Waals surface area contributed by atoms with Crippen LogP contribution in [-0.4, -0.2) is 54.6 Å². The fraction of sp³-hybridized carbons (Fsp3) is 0.545. The van der Waals surface area contributed by atoms with Crippen LogP contribution < -0.4 is 10.6 Å². The van der Waals surface area contributed by atoms with E-state index in [1.807, 2.05) is 0 Å². The number of oxazole rings is 1. The number of guanidine groups is 1. The fourth-order valence-electron chi connectivity index (χ4n) is 3.26. The Hall–Kier alpha value is -2.41. The molecule has 0 amide bonds. The number of aromatic nitrogens is 1. The second kappa shape index (κ2) is 11.6. The predicted molar refractivity (Wildman–Crippen MR) is 117 cm³/mol. The largest absolute Gasteiger partial charge is 0.444 e. The first-order valence-corrected chi connectivity index (χ1v) is 10.3. The molecule has 1 aromatic carbocycles. The molecule has 160 valence electrons. The molecule has 1 aromatic heterocycles. The molecule has 0 saturated heterocycles. The normalized spacial score (nSPS) is 12.2. The van der Waals surface area contributed by atoms with E-state index in [-0.39, 0.29) is 5.82 Å². The Balaban J connectivity index is 1.71. The van der Waals surface area contributed by atoms with Crippen LogP contribution in [0.15, 0.2) is 39.9 Å². The maximum atomic E-state index is 13.0. The molecule has 2 N–H and O–H groups in total. The number of aliphatic imine (C=N–C) groups is 1. The lowest BCUT2D eigenvalue weighted by atomic mass is 10.2. The molecular formula is C22H34FN5O. The van der Waals surface area contributed by atoms with Crippen molar-refractivity contribution in [2.45, 2.75) is 52.6 Å². The quantitative estimate of drug-likeness (QED) is 0.360. The van der Waals surface area contributed by atoms with Gasteiger partial charge in [0.25, 0.3) is 0 Å². The van der Waals surface area contributed by atoms with Crippen LogP contribution in [0, 0.1) is 5.82 Å². The van der Waals surface area contributed by atoms with Gasteiger partial charge >= 0.3 is 0 Å². The van der Waals surface area contributed by atoms with Crippen LogP contribution >= 0.6 is 0 Å². The van der Waals surface area contributed by atoms with Crippen molar-refractivity contribution in [3.63, 3.8) is 0 Å². The van der Waals surface area contributed by atoms with Gasteiger partial charge in [0.2, 0.25) is 5.89 Å². The number of nitrogens with zero attached hydrogens (tertiary/aromatic N) is 3. The Kier molecular flexibility index (Phi) is 9.12. The topological polar surface area (TPSA) is 65.7 Å². The molecule has 2 aromatic rings. The van der Waals surface area contributed by atoms with Gasteiger partial charge in [0.15, 0.2) is 5.96 Å². The molecule has 7 heteroatoms. The molecule has 0 saturated carbocycles. The van der Waals surface area contributed by atoms with Crippen LogP contribution in [-0.2, 0) is 6.42 Å². The first kappa shape index (κ1) is 22.9. The average Bonchev–Trinajstić information content (AvgIpc) is 3.15. The minimum Gasteiger partial charge on any atom is -0.444 e. The molecule has 0 radical (unpaired) electrons. The first-order chi connectivity index (χ1) is 13.9. The summed E-state index contributed by atoms with van der Waals surface area (Å²) >= 11 is 0. The van der Waals surface area contributed by atoms with E-state index in [1.165, 1.54) is 12.1 Å². The van der Waals surface area contributed by atoms with E-state index in [4.69, 9.17) is 4.42 Å². The van der Waals surface area contributed by atoms with E-state index >= 15 is 0 Å². The lowest BCUT2D eigenvalue weighted by Gasteiger charge is -2.30. The molecule has 6 nitrogen and oxygen atoms in total. The lowest BCUT2D eigenvalue weighted by molar-refractivity contribution is 0.173. The summed E-state index contributed by atoms with van der Waals surface area (Å²) in [5.41, 5.74) is 1.61. The third-order valence-corrected chi connectivity index (χ3v) is 4.75. The number of benzene rings is 1.